The minimum atomic E-state index is 0.301. The highest BCUT2D eigenvalue weighted by atomic mass is 32.1. The molecular weight excluding hydrogens is 294 g/mol. The maximum Gasteiger partial charge on any atom is 0.225 e. The van der Waals surface area contributed by atoms with Crippen LogP contribution < -0.4 is 10.1 Å². The van der Waals surface area contributed by atoms with E-state index in [4.69, 9.17) is 4.74 Å². The van der Waals surface area contributed by atoms with Gasteiger partial charge in [0.15, 0.2) is 0 Å². The van der Waals surface area contributed by atoms with Gasteiger partial charge in [0.05, 0.1) is 5.39 Å². The van der Waals surface area contributed by atoms with Crippen molar-refractivity contribution in [2.75, 3.05) is 7.05 Å². The van der Waals surface area contributed by atoms with Crippen molar-refractivity contribution in [2.24, 2.45) is 0 Å². The van der Waals surface area contributed by atoms with Gasteiger partial charge in [-0.05, 0) is 57.1 Å². The van der Waals surface area contributed by atoms with Gasteiger partial charge in [0.2, 0.25) is 5.88 Å². The van der Waals surface area contributed by atoms with Crippen LogP contribution in [0.3, 0.4) is 0 Å². The summed E-state index contributed by atoms with van der Waals surface area (Å²) in [6, 6.07) is 0.649. The first-order valence-corrected chi connectivity index (χ1v) is 9.18. The fourth-order valence-corrected chi connectivity index (χ4v) is 5.15. The Bertz CT molecular complexity index is 676. The summed E-state index contributed by atoms with van der Waals surface area (Å²) in [4.78, 5) is 11.6. The molecular formula is C17H23N3OS. The number of aryl methyl sites for hydroxylation is 1. The zero-order valence-corrected chi connectivity index (χ0v) is 14.1. The summed E-state index contributed by atoms with van der Waals surface area (Å²) in [5.74, 6) is 1.43. The summed E-state index contributed by atoms with van der Waals surface area (Å²) in [5.41, 5.74) is 1.46. The van der Waals surface area contributed by atoms with E-state index in [0.29, 0.717) is 18.1 Å². The van der Waals surface area contributed by atoms with Gasteiger partial charge in [0.1, 0.15) is 17.3 Å². The summed E-state index contributed by atoms with van der Waals surface area (Å²) >= 11 is 1.83. The lowest BCUT2D eigenvalue weighted by molar-refractivity contribution is 0.137. The molecule has 1 saturated carbocycles. The molecule has 0 aromatic carbocycles. The average Bonchev–Trinajstić information content (AvgIpc) is 3.08. The number of rotatable bonds is 3. The number of aromatic nitrogens is 2. The van der Waals surface area contributed by atoms with E-state index in [2.05, 4.69) is 29.3 Å². The number of nitrogens with zero attached hydrogens (tertiary/aromatic N) is 2. The number of hydrogen-bond acceptors (Lipinski definition) is 5. The van der Waals surface area contributed by atoms with E-state index in [1.54, 1.807) is 6.33 Å². The quantitative estimate of drug-likeness (QED) is 0.938. The van der Waals surface area contributed by atoms with E-state index in [1.807, 2.05) is 11.3 Å². The third-order valence-corrected chi connectivity index (χ3v) is 6.40. The van der Waals surface area contributed by atoms with Crippen LogP contribution in [0.2, 0.25) is 0 Å². The highest BCUT2D eigenvalue weighted by Gasteiger charge is 2.29. The van der Waals surface area contributed by atoms with Crippen LogP contribution in [0.25, 0.3) is 10.2 Å². The van der Waals surface area contributed by atoms with E-state index >= 15 is 0 Å². The van der Waals surface area contributed by atoms with Crippen molar-refractivity contribution in [3.05, 3.63) is 16.8 Å². The van der Waals surface area contributed by atoms with Gasteiger partial charge in [-0.15, -0.1) is 11.3 Å². The molecule has 2 aliphatic carbocycles. The maximum atomic E-state index is 6.32. The first-order chi connectivity index (χ1) is 10.8. The fourth-order valence-electron chi connectivity index (χ4n) is 3.89. The van der Waals surface area contributed by atoms with Crippen molar-refractivity contribution in [1.82, 2.24) is 15.3 Å². The van der Waals surface area contributed by atoms with Crippen LogP contribution in [-0.4, -0.2) is 29.2 Å². The second kappa shape index (κ2) is 5.78. The smallest absolute Gasteiger partial charge is 0.225 e. The van der Waals surface area contributed by atoms with E-state index in [0.717, 1.165) is 23.6 Å². The molecule has 0 aliphatic heterocycles. The molecule has 2 aromatic heterocycles. The van der Waals surface area contributed by atoms with Crippen LogP contribution in [-0.2, 0) is 6.42 Å². The molecule has 1 fully saturated rings. The summed E-state index contributed by atoms with van der Waals surface area (Å²) in [6.45, 7) is 2.31. The van der Waals surface area contributed by atoms with Crippen LogP contribution >= 0.6 is 11.3 Å². The van der Waals surface area contributed by atoms with Crippen LogP contribution in [0.1, 0.15) is 55.4 Å². The predicted octanol–water partition coefficient (Wildman–Crippen LogP) is 3.65. The molecule has 2 aliphatic rings. The number of thiophene rings is 1. The summed E-state index contributed by atoms with van der Waals surface area (Å²) in [5, 5.41) is 4.57. The lowest BCUT2D eigenvalue weighted by atomic mass is 9.93. The number of ether oxygens (including phenoxy) is 1. The third-order valence-electron chi connectivity index (χ3n) is 5.23. The van der Waals surface area contributed by atoms with E-state index in [1.165, 1.54) is 41.5 Å². The SMILES string of the molecule is CNC1CCC(Oc2ncnc3sc4c(c23)C(C)CC4)CC1. The third kappa shape index (κ3) is 2.40. The molecule has 1 N–H and O–H groups in total. The van der Waals surface area contributed by atoms with Gasteiger partial charge in [-0.3, -0.25) is 0 Å². The second-order valence-electron chi connectivity index (χ2n) is 6.62. The molecule has 4 rings (SSSR count). The largest absolute Gasteiger partial charge is 0.474 e. The van der Waals surface area contributed by atoms with Crippen LogP contribution in [0.15, 0.2) is 6.33 Å². The molecule has 0 amide bonds. The maximum absolute atomic E-state index is 6.32. The Morgan fingerprint density at radius 2 is 2.00 bits per heavy atom. The number of nitrogens with one attached hydrogen (secondary N) is 1. The molecule has 0 radical (unpaired) electrons. The Labute approximate surface area is 135 Å². The standard InChI is InChI=1S/C17H23N3OS/c1-10-3-8-13-14(10)15-16(19-9-20-17(15)22-13)21-12-6-4-11(18-2)5-7-12/h9-12,18H,3-8H2,1-2H3. The average molecular weight is 317 g/mol. The van der Waals surface area contributed by atoms with E-state index < -0.39 is 0 Å². The van der Waals surface area contributed by atoms with E-state index in [-0.39, 0.29) is 0 Å². The van der Waals surface area contributed by atoms with Crippen molar-refractivity contribution >= 4 is 21.6 Å². The monoisotopic (exact) mass is 317 g/mol. The molecule has 0 saturated heterocycles. The summed E-state index contributed by atoms with van der Waals surface area (Å²) in [7, 11) is 2.05. The molecule has 4 nitrogen and oxygen atoms in total. The first-order valence-electron chi connectivity index (χ1n) is 8.36. The van der Waals surface area contributed by atoms with Gasteiger partial charge < -0.3 is 10.1 Å². The molecule has 5 heteroatoms. The molecule has 22 heavy (non-hydrogen) atoms. The van der Waals surface area contributed by atoms with Crippen LogP contribution in [0, 0.1) is 0 Å². The normalized spacial score (nSPS) is 28.0. The topological polar surface area (TPSA) is 47.0 Å². The van der Waals surface area contributed by atoms with Crippen molar-refractivity contribution in [3.63, 3.8) is 0 Å². The fraction of sp³-hybridized carbons (Fsp3) is 0.647. The van der Waals surface area contributed by atoms with Crippen LogP contribution in [0.4, 0.5) is 0 Å². The Kier molecular flexibility index (Phi) is 3.78. The van der Waals surface area contributed by atoms with Gasteiger partial charge in [-0.2, -0.15) is 0 Å². The summed E-state index contributed by atoms with van der Waals surface area (Å²) < 4.78 is 6.32. The lowest BCUT2D eigenvalue weighted by Gasteiger charge is -2.28. The van der Waals surface area contributed by atoms with Crippen molar-refractivity contribution in [3.8, 4) is 5.88 Å². The van der Waals surface area contributed by atoms with Gasteiger partial charge in [0.25, 0.3) is 0 Å². The lowest BCUT2D eigenvalue weighted by Crippen LogP contribution is -2.34. The minimum absolute atomic E-state index is 0.301. The Morgan fingerprint density at radius 1 is 1.18 bits per heavy atom. The minimum Gasteiger partial charge on any atom is -0.474 e. The van der Waals surface area contributed by atoms with Crippen molar-refractivity contribution < 1.29 is 4.74 Å². The number of hydrogen-bond donors (Lipinski definition) is 1. The zero-order valence-electron chi connectivity index (χ0n) is 13.3. The molecule has 1 unspecified atom stereocenters. The Morgan fingerprint density at radius 3 is 2.77 bits per heavy atom. The van der Waals surface area contributed by atoms with Crippen molar-refractivity contribution in [2.45, 2.75) is 63.5 Å². The van der Waals surface area contributed by atoms with Gasteiger partial charge in [-0.25, -0.2) is 9.97 Å². The Balaban J connectivity index is 1.62. The molecule has 0 bridgehead atoms. The molecule has 118 valence electrons. The predicted molar refractivity (Wildman–Crippen MR) is 89.9 cm³/mol. The highest BCUT2D eigenvalue weighted by molar-refractivity contribution is 7.19. The molecule has 2 heterocycles. The second-order valence-corrected chi connectivity index (χ2v) is 7.70. The Hall–Kier alpha value is -1.20. The highest BCUT2D eigenvalue weighted by Crippen LogP contribution is 2.45. The molecule has 2 aromatic rings. The molecule has 1 atom stereocenters. The van der Waals surface area contributed by atoms with Gasteiger partial charge in [0, 0.05) is 10.9 Å². The van der Waals surface area contributed by atoms with Gasteiger partial charge >= 0.3 is 0 Å². The summed E-state index contributed by atoms with van der Waals surface area (Å²) in [6.07, 6.45) is 8.99. The molecule has 0 spiro atoms. The number of fused-ring (bicyclic) bond motifs is 3. The zero-order chi connectivity index (χ0) is 15.1. The van der Waals surface area contributed by atoms with Gasteiger partial charge in [-0.1, -0.05) is 6.92 Å². The first kappa shape index (κ1) is 14.4. The van der Waals surface area contributed by atoms with Crippen molar-refractivity contribution in [1.29, 1.82) is 0 Å². The van der Waals surface area contributed by atoms with E-state index in [9.17, 15) is 0 Å². The van der Waals surface area contributed by atoms with Crippen LogP contribution in [0.5, 0.6) is 5.88 Å².